The minimum absolute atomic E-state index is 0.353. The molecule has 0 radical (unpaired) electrons. The zero-order valence-corrected chi connectivity index (χ0v) is 16.7. The summed E-state index contributed by atoms with van der Waals surface area (Å²) in [6.07, 6.45) is 0. The van der Waals surface area contributed by atoms with Gasteiger partial charge in [-0.3, -0.25) is 0 Å². The van der Waals surface area contributed by atoms with Crippen LogP contribution in [-0.2, 0) is 6.61 Å². The lowest BCUT2D eigenvalue weighted by molar-refractivity contribution is 0.307. The van der Waals surface area contributed by atoms with Crippen LogP contribution in [0, 0.1) is 0 Å². The van der Waals surface area contributed by atoms with E-state index in [0.717, 1.165) is 5.56 Å². The molecule has 0 spiro atoms. The molecule has 4 rings (SSSR count). The van der Waals surface area contributed by atoms with E-state index < -0.39 is 0 Å². The first kappa shape index (κ1) is 18.7. The Morgan fingerprint density at radius 1 is 0.893 bits per heavy atom. The average molecular weight is 432 g/mol. The number of tetrazole rings is 1. The fourth-order valence-corrected chi connectivity index (χ4v) is 3.26. The van der Waals surface area contributed by atoms with E-state index >= 15 is 0 Å². The fraction of sp³-hybridized carbons (Fsp3) is 0.0500. The number of ether oxygens (including phenoxy) is 1. The molecular weight excluding hydrogens is 419 g/mol. The Balaban J connectivity index is 1.75. The number of hydrogen-bond donors (Lipinski definition) is 0. The van der Waals surface area contributed by atoms with Crippen molar-refractivity contribution in [3.63, 3.8) is 0 Å². The zero-order valence-electron chi connectivity index (χ0n) is 14.4. The number of rotatable bonds is 5. The summed E-state index contributed by atoms with van der Waals surface area (Å²) in [6, 6.07) is 20.4. The number of hydrogen-bond acceptors (Lipinski definition) is 4. The molecule has 8 heteroatoms. The van der Waals surface area contributed by atoms with Crippen molar-refractivity contribution in [2.75, 3.05) is 0 Å². The molecular formula is C20H13Cl3N4O. The number of aromatic nitrogens is 4. The Labute approximate surface area is 176 Å². The molecule has 4 aromatic rings. The Kier molecular flexibility index (Phi) is 5.48. The van der Waals surface area contributed by atoms with Gasteiger partial charge in [0, 0.05) is 5.02 Å². The summed E-state index contributed by atoms with van der Waals surface area (Å²) < 4.78 is 7.53. The van der Waals surface area contributed by atoms with Gasteiger partial charge in [0.2, 0.25) is 0 Å². The molecule has 0 aliphatic rings. The van der Waals surface area contributed by atoms with E-state index in [4.69, 9.17) is 39.5 Å². The lowest BCUT2D eigenvalue weighted by Crippen LogP contribution is -2.03. The normalized spacial score (nSPS) is 10.8. The molecule has 0 unspecified atom stereocenters. The maximum absolute atomic E-state index is 6.35. The summed E-state index contributed by atoms with van der Waals surface area (Å²) in [7, 11) is 0. The second-order valence-corrected chi connectivity index (χ2v) is 7.12. The van der Waals surface area contributed by atoms with Crippen molar-refractivity contribution < 1.29 is 4.74 Å². The SMILES string of the molecule is Clc1ccc(OCc2ccccc2)c(-c2nnnn2-c2cccc(Cl)c2Cl)c1. The van der Waals surface area contributed by atoms with Gasteiger partial charge in [-0.25, -0.2) is 0 Å². The highest BCUT2D eigenvalue weighted by atomic mass is 35.5. The van der Waals surface area contributed by atoms with Crippen LogP contribution in [0.1, 0.15) is 5.56 Å². The quantitative estimate of drug-likeness (QED) is 0.396. The van der Waals surface area contributed by atoms with Gasteiger partial charge in [0.15, 0.2) is 5.82 Å². The van der Waals surface area contributed by atoms with E-state index in [-0.39, 0.29) is 0 Å². The summed E-state index contributed by atoms with van der Waals surface area (Å²) in [5.41, 5.74) is 2.24. The number of halogens is 3. The third-order valence-electron chi connectivity index (χ3n) is 4.05. The lowest BCUT2D eigenvalue weighted by Gasteiger charge is -2.13. The van der Waals surface area contributed by atoms with Crippen molar-refractivity contribution >= 4 is 34.8 Å². The summed E-state index contributed by atoms with van der Waals surface area (Å²) in [5, 5.41) is 13.3. The third kappa shape index (κ3) is 3.83. The minimum Gasteiger partial charge on any atom is -0.488 e. The van der Waals surface area contributed by atoms with Gasteiger partial charge in [0.05, 0.1) is 21.3 Å². The Morgan fingerprint density at radius 2 is 1.71 bits per heavy atom. The monoisotopic (exact) mass is 430 g/mol. The Morgan fingerprint density at radius 3 is 2.54 bits per heavy atom. The lowest BCUT2D eigenvalue weighted by atomic mass is 10.1. The van der Waals surface area contributed by atoms with E-state index in [9.17, 15) is 0 Å². The molecule has 0 saturated heterocycles. The van der Waals surface area contributed by atoms with Crippen molar-refractivity contribution in [1.82, 2.24) is 20.2 Å². The molecule has 28 heavy (non-hydrogen) atoms. The number of benzene rings is 3. The topological polar surface area (TPSA) is 52.8 Å². The van der Waals surface area contributed by atoms with Crippen LogP contribution in [0.25, 0.3) is 17.1 Å². The minimum atomic E-state index is 0.353. The van der Waals surface area contributed by atoms with E-state index in [2.05, 4.69) is 15.5 Å². The van der Waals surface area contributed by atoms with E-state index in [1.54, 1.807) is 36.4 Å². The first-order valence-electron chi connectivity index (χ1n) is 8.33. The molecule has 0 atom stereocenters. The van der Waals surface area contributed by atoms with Crippen LogP contribution in [0.15, 0.2) is 66.7 Å². The van der Waals surface area contributed by atoms with Crippen LogP contribution < -0.4 is 4.74 Å². The number of nitrogens with zero attached hydrogens (tertiary/aromatic N) is 4. The van der Waals surface area contributed by atoms with Gasteiger partial charge in [-0.05, 0) is 46.3 Å². The zero-order chi connectivity index (χ0) is 19.5. The maximum Gasteiger partial charge on any atom is 0.190 e. The standard InChI is InChI=1S/C20H13Cl3N4O/c21-14-9-10-18(28-12-13-5-2-1-3-6-13)15(11-14)20-24-25-26-27(20)17-8-4-7-16(22)19(17)23/h1-11H,12H2. The molecule has 0 fully saturated rings. The fourth-order valence-electron chi connectivity index (χ4n) is 2.71. The van der Waals surface area contributed by atoms with Crippen LogP contribution in [-0.4, -0.2) is 20.2 Å². The van der Waals surface area contributed by atoms with Crippen LogP contribution >= 0.6 is 34.8 Å². The van der Waals surface area contributed by atoms with Crippen molar-refractivity contribution in [3.05, 3.63) is 87.4 Å². The van der Waals surface area contributed by atoms with Gasteiger partial charge in [0.1, 0.15) is 12.4 Å². The van der Waals surface area contributed by atoms with Gasteiger partial charge in [0.25, 0.3) is 0 Å². The molecule has 0 bridgehead atoms. The molecule has 0 N–H and O–H groups in total. The van der Waals surface area contributed by atoms with Crippen molar-refractivity contribution in [2.45, 2.75) is 6.61 Å². The highest BCUT2D eigenvalue weighted by Gasteiger charge is 2.19. The highest BCUT2D eigenvalue weighted by molar-refractivity contribution is 6.43. The van der Waals surface area contributed by atoms with Crippen molar-refractivity contribution in [2.24, 2.45) is 0 Å². The first-order chi connectivity index (χ1) is 13.6. The smallest absolute Gasteiger partial charge is 0.190 e. The highest BCUT2D eigenvalue weighted by Crippen LogP contribution is 2.35. The van der Waals surface area contributed by atoms with Crippen LogP contribution in [0.4, 0.5) is 0 Å². The largest absolute Gasteiger partial charge is 0.488 e. The van der Waals surface area contributed by atoms with E-state index in [1.807, 2.05) is 30.3 Å². The molecule has 3 aromatic carbocycles. The first-order valence-corrected chi connectivity index (χ1v) is 9.46. The van der Waals surface area contributed by atoms with Crippen molar-refractivity contribution in [1.29, 1.82) is 0 Å². The second-order valence-electron chi connectivity index (χ2n) is 5.90. The van der Waals surface area contributed by atoms with Crippen LogP contribution in [0.2, 0.25) is 15.1 Å². The van der Waals surface area contributed by atoms with Gasteiger partial charge >= 0.3 is 0 Å². The molecule has 5 nitrogen and oxygen atoms in total. The van der Waals surface area contributed by atoms with Crippen LogP contribution in [0.3, 0.4) is 0 Å². The third-order valence-corrected chi connectivity index (χ3v) is 5.09. The van der Waals surface area contributed by atoms with Gasteiger partial charge in [-0.2, -0.15) is 4.68 Å². The molecule has 0 aliphatic heterocycles. The second kappa shape index (κ2) is 8.19. The molecule has 0 amide bonds. The summed E-state index contributed by atoms with van der Waals surface area (Å²) >= 11 is 18.7. The van der Waals surface area contributed by atoms with Crippen LogP contribution in [0.5, 0.6) is 5.75 Å². The molecule has 0 aliphatic carbocycles. The molecule has 0 saturated carbocycles. The summed E-state index contributed by atoms with van der Waals surface area (Å²) in [4.78, 5) is 0. The van der Waals surface area contributed by atoms with E-state index in [0.29, 0.717) is 44.5 Å². The van der Waals surface area contributed by atoms with Crippen molar-refractivity contribution in [3.8, 4) is 22.8 Å². The molecule has 140 valence electrons. The van der Waals surface area contributed by atoms with E-state index in [1.165, 1.54) is 4.68 Å². The molecule has 1 aromatic heterocycles. The summed E-state index contributed by atoms with van der Waals surface area (Å²) in [5.74, 6) is 1.04. The Bertz CT molecular complexity index is 1120. The average Bonchev–Trinajstić information content (AvgIpc) is 3.19. The summed E-state index contributed by atoms with van der Waals surface area (Å²) in [6.45, 7) is 0.398. The molecule has 1 heterocycles. The predicted molar refractivity (Wildman–Crippen MR) is 110 cm³/mol. The Hall–Kier alpha value is -2.60. The van der Waals surface area contributed by atoms with Gasteiger partial charge < -0.3 is 4.74 Å². The predicted octanol–water partition coefficient (Wildman–Crippen LogP) is 5.87. The van der Waals surface area contributed by atoms with Gasteiger partial charge in [-0.1, -0.05) is 71.2 Å². The maximum atomic E-state index is 6.35. The van der Waals surface area contributed by atoms with Gasteiger partial charge in [-0.15, -0.1) is 5.10 Å².